The highest BCUT2D eigenvalue weighted by molar-refractivity contribution is 6.34. The first-order chi connectivity index (χ1) is 7.09. The van der Waals surface area contributed by atoms with E-state index in [9.17, 15) is 4.79 Å². The summed E-state index contributed by atoms with van der Waals surface area (Å²) in [4.78, 5) is 11.7. The maximum Gasteiger partial charge on any atom is 0.200 e. The van der Waals surface area contributed by atoms with Crippen molar-refractivity contribution in [3.63, 3.8) is 0 Å². The molecule has 0 spiro atoms. The van der Waals surface area contributed by atoms with Crippen LogP contribution in [0.5, 0.6) is 0 Å². The molecule has 0 bridgehead atoms. The molecule has 15 heavy (non-hydrogen) atoms. The topological polar surface area (TPSA) is 30.2 Å². The van der Waals surface area contributed by atoms with E-state index in [0.29, 0.717) is 16.4 Å². The van der Waals surface area contributed by atoms with Gasteiger partial charge in [0.2, 0.25) is 5.78 Å². The molecule has 3 heteroatoms. The van der Waals surface area contributed by atoms with Gasteiger partial charge in [0.1, 0.15) is 0 Å². The first kappa shape index (κ1) is 10.2. The average Bonchev–Trinajstić information content (AvgIpc) is 2.61. The Balaban J connectivity index is 2.57. The molecule has 1 heterocycles. The zero-order chi connectivity index (χ0) is 11.0. The minimum Gasteiger partial charge on any atom is -0.451 e. The van der Waals surface area contributed by atoms with Crippen LogP contribution in [0.3, 0.4) is 0 Å². The molecule has 0 atom stereocenters. The Hall–Kier alpha value is -1.28. The molecule has 0 N–H and O–H groups in total. The molecule has 2 aromatic rings. The van der Waals surface area contributed by atoms with Crippen LogP contribution in [0.15, 0.2) is 28.7 Å². The summed E-state index contributed by atoms with van der Waals surface area (Å²) >= 11 is 5.95. The third-order valence-corrected chi connectivity index (χ3v) is 2.56. The number of carbonyl (C=O) groups excluding carboxylic acids is 1. The van der Waals surface area contributed by atoms with Crippen LogP contribution in [0.1, 0.15) is 24.4 Å². The van der Waals surface area contributed by atoms with Crippen LogP contribution in [-0.4, -0.2) is 5.78 Å². The van der Waals surface area contributed by atoms with Gasteiger partial charge in [-0.3, -0.25) is 4.79 Å². The molecule has 0 aliphatic heterocycles. The summed E-state index contributed by atoms with van der Waals surface area (Å²) in [5, 5.41) is 1.40. The number of hydrogen-bond acceptors (Lipinski definition) is 2. The van der Waals surface area contributed by atoms with Crippen molar-refractivity contribution < 1.29 is 9.21 Å². The predicted octanol–water partition coefficient (Wildman–Crippen LogP) is 3.92. The molecule has 0 radical (unpaired) electrons. The third kappa shape index (κ3) is 1.77. The summed E-state index contributed by atoms with van der Waals surface area (Å²) in [5.41, 5.74) is 0.586. The Kier molecular flexibility index (Phi) is 2.53. The smallest absolute Gasteiger partial charge is 0.200 e. The molecule has 1 aromatic carbocycles. The van der Waals surface area contributed by atoms with Crippen molar-refractivity contribution in [2.24, 2.45) is 5.92 Å². The van der Waals surface area contributed by atoms with Crippen molar-refractivity contribution in [2.45, 2.75) is 13.8 Å². The number of Topliss-reactive ketones (excluding diaryl/α,β-unsaturated/α-hetero) is 1. The fraction of sp³-hybridized carbons (Fsp3) is 0.250. The molecular weight excluding hydrogens is 212 g/mol. The van der Waals surface area contributed by atoms with Crippen LogP contribution in [0.25, 0.3) is 11.0 Å². The molecule has 78 valence electrons. The average molecular weight is 223 g/mol. The van der Waals surface area contributed by atoms with E-state index in [0.717, 1.165) is 5.39 Å². The monoisotopic (exact) mass is 222 g/mol. The van der Waals surface area contributed by atoms with Gasteiger partial charge >= 0.3 is 0 Å². The Morgan fingerprint density at radius 3 is 2.73 bits per heavy atom. The molecule has 0 aliphatic carbocycles. The van der Waals surface area contributed by atoms with Crippen LogP contribution in [0.2, 0.25) is 5.02 Å². The Morgan fingerprint density at radius 2 is 2.13 bits per heavy atom. The zero-order valence-electron chi connectivity index (χ0n) is 8.58. The van der Waals surface area contributed by atoms with E-state index < -0.39 is 0 Å². The van der Waals surface area contributed by atoms with Gasteiger partial charge in [-0.2, -0.15) is 0 Å². The standard InChI is InChI=1S/C12H11ClO2/c1-7(2)11(14)10-6-8-4-3-5-9(13)12(8)15-10/h3-7H,1-2H3. The molecule has 2 nitrogen and oxygen atoms in total. The molecule has 0 saturated heterocycles. The summed E-state index contributed by atoms with van der Waals surface area (Å²) in [6, 6.07) is 7.20. The second kappa shape index (κ2) is 3.70. The number of carbonyl (C=O) groups is 1. The maximum atomic E-state index is 11.7. The lowest BCUT2D eigenvalue weighted by Crippen LogP contribution is -2.05. The van der Waals surface area contributed by atoms with Crippen molar-refractivity contribution in [3.05, 3.63) is 35.0 Å². The van der Waals surface area contributed by atoms with Gasteiger partial charge in [0, 0.05) is 11.3 Å². The molecule has 0 saturated carbocycles. The van der Waals surface area contributed by atoms with Gasteiger partial charge in [-0.05, 0) is 12.1 Å². The third-order valence-electron chi connectivity index (χ3n) is 2.26. The normalized spacial score (nSPS) is 11.2. The Labute approximate surface area is 92.8 Å². The minimum atomic E-state index is -0.0654. The summed E-state index contributed by atoms with van der Waals surface area (Å²) in [6.45, 7) is 3.69. The van der Waals surface area contributed by atoms with E-state index in [-0.39, 0.29) is 11.7 Å². The highest BCUT2D eigenvalue weighted by atomic mass is 35.5. The molecular formula is C12H11ClO2. The quantitative estimate of drug-likeness (QED) is 0.721. The van der Waals surface area contributed by atoms with Crippen molar-refractivity contribution in [3.8, 4) is 0 Å². The molecule has 1 aromatic heterocycles. The lowest BCUT2D eigenvalue weighted by atomic mass is 10.1. The van der Waals surface area contributed by atoms with Gasteiger partial charge in [0.25, 0.3) is 0 Å². The van der Waals surface area contributed by atoms with E-state index in [2.05, 4.69) is 0 Å². The second-order valence-electron chi connectivity index (χ2n) is 3.79. The number of para-hydroxylation sites is 1. The number of halogens is 1. The number of rotatable bonds is 2. The first-order valence-electron chi connectivity index (χ1n) is 4.82. The number of benzene rings is 1. The number of ketones is 1. The second-order valence-corrected chi connectivity index (χ2v) is 4.19. The van der Waals surface area contributed by atoms with Crippen LogP contribution < -0.4 is 0 Å². The Bertz CT molecular complexity index is 511. The van der Waals surface area contributed by atoms with E-state index >= 15 is 0 Å². The lowest BCUT2D eigenvalue weighted by molar-refractivity contribution is 0.0913. The Morgan fingerprint density at radius 1 is 1.40 bits per heavy atom. The van der Waals surface area contributed by atoms with Crippen molar-refractivity contribution in [1.82, 2.24) is 0 Å². The lowest BCUT2D eigenvalue weighted by Gasteiger charge is -1.98. The van der Waals surface area contributed by atoms with Gasteiger partial charge < -0.3 is 4.42 Å². The number of furan rings is 1. The van der Waals surface area contributed by atoms with Crippen molar-refractivity contribution in [1.29, 1.82) is 0 Å². The van der Waals surface area contributed by atoms with E-state index in [1.807, 2.05) is 26.0 Å². The van der Waals surface area contributed by atoms with Crippen LogP contribution >= 0.6 is 11.6 Å². The molecule has 0 fully saturated rings. The molecule has 0 unspecified atom stereocenters. The van der Waals surface area contributed by atoms with Gasteiger partial charge in [0.15, 0.2) is 11.3 Å². The van der Waals surface area contributed by atoms with Crippen LogP contribution in [0.4, 0.5) is 0 Å². The zero-order valence-corrected chi connectivity index (χ0v) is 9.34. The fourth-order valence-electron chi connectivity index (χ4n) is 1.43. The van der Waals surface area contributed by atoms with Crippen LogP contribution in [0, 0.1) is 5.92 Å². The van der Waals surface area contributed by atoms with Gasteiger partial charge in [-0.1, -0.05) is 37.6 Å². The molecule has 0 amide bonds. The highest BCUT2D eigenvalue weighted by Crippen LogP contribution is 2.27. The van der Waals surface area contributed by atoms with Gasteiger partial charge in [-0.25, -0.2) is 0 Å². The maximum absolute atomic E-state index is 11.7. The summed E-state index contributed by atoms with van der Waals surface area (Å²) in [7, 11) is 0. The van der Waals surface area contributed by atoms with E-state index in [4.69, 9.17) is 16.0 Å². The summed E-state index contributed by atoms with van der Waals surface area (Å²) in [5.74, 6) is 0.319. The largest absolute Gasteiger partial charge is 0.451 e. The first-order valence-corrected chi connectivity index (χ1v) is 5.19. The SMILES string of the molecule is CC(C)C(=O)c1cc2cccc(Cl)c2o1. The van der Waals surface area contributed by atoms with Crippen molar-refractivity contribution in [2.75, 3.05) is 0 Å². The van der Waals surface area contributed by atoms with E-state index in [1.165, 1.54) is 0 Å². The fourth-order valence-corrected chi connectivity index (χ4v) is 1.65. The summed E-state index contributed by atoms with van der Waals surface area (Å²) in [6.07, 6.45) is 0. The predicted molar refractivity (Wildman–Crippen MR) is 60.4 cm³/mol. The van der Waals surface area contributed by atoms with Crippen LogP contribution in [-0.2, 0) is 0 Å². The number of hydrogen-bond donors (Lipinski definition) is 0. The highest BCUT2D eigenvalue weighted by Gasteiger charge is 2.16. The molecule has 2 rings (SSSR count). The van der Waals surface area contributed by atoms with Crippen molar-refractivity contribution >= 4 is 28.4 Å². The van der Waals surface area contributed by atoms with E-state index in [1.54, 1.807) is 12.1 Å². The van der Waals surface area contributed by atoms with Gasteiger partial charge in [-0.15, -0.1) is 0 Å². The summed E-state index contributed by atoms with van der Waals surface area (Å²) < 4.78 is 5.44. The van der Waals surface area contributed by atoms with Gasteiger partial charge in [0.05, 0.1) is 5.02 Å². The molecule has 0 aliphatic rings. The minimum absolute atomic E-state index is 0.00210. The number of fused-ring (bicyclic) bond motifs is 1.